The molecule has 1 fully saturated rings. The Kier molecular flexibility index (Phi) is 7.82. The predicted octanol–water partition coefficient (Wildman–Crippen LogP) is 6.26. The number of hydrogen-bond acceptors (Lipinski definition) is 3. The zero-order chi connectivity index (χ0) is 24.7. The lowest BCUT2D eigenvalue weighted by Crippen LogP contribution is -2.46. The fraction of sp³-hybridized carbons (Fsp3) is 0.333. The first-order chi connectivity index (χ1) is 17.7. The lowest BCUT2D eigenvalue weighted by molar-refractivity contribution is 0.253. The molecule has 0 aliphatic carbocycles. The minimum absolute atomic E-state index is 0.105. The number of halogens is 2. The topological polar surface area (TPSA) is 20.6 Å². The fourth-order valence-corrected chi connectivity index (χ4v) is 5.05. The molecule has 0 spiro atoms. The Balaban J connectivity index is 1.11. The fourth-order valence-electron chi connectivity index (χ4n) is 5.05. The molecule has 0 saturated carbocycles. The van der Waals surface area contributed by atoms with E-state index in [2.05, 4.69) is 57.0 Å². The third kappa shape index (κ3) is 5.71. The van der Waals surface area contributed by atoms with E-state index in [0.717, 1.165) is 68.9 Å². The van der Waals surface area contributed by atoms with Gasteiger partial charge in [0.15, 0.2) is 0 Å². The van der Waals surface area contributed by atoms with Crippen molar-refractivity contribution in [1.82, 2.24) is 9.47 Å². The van der Waals surface area contributed by atoms with Crippen molar-refractivity contribution >= 4 is 16.6 Å². The lowest BCUT2D eigenvalue weighted by Gasteiger charge is -2.36. The van der Waals surface area contributed by atoms with Crippen LogP contribution in [0.5, 0.6) is 5.75 Å². The minimum Gasteiger partial charge on any atom is -0.491 e. The smallest absolute Gasteiger partial charge is 0.123 e. The predicted molar refractivity (Wildman–Crippen MR) is 143 cm³/mol. The second kappa shape index (κ2) is 11.6. The number of aryl methyl sites for hydroxylation is 1. The molecule has 1 saturated heterocycles. The van der Waals surface area contributed by atoms with E-state index in [-0.39, 0.29) is 12.4 Å². The van der Waals surface area contributed by atoms with E-state index in [4.69, 9.17) is 4.74 Å². The van der Waals surface area contributed by atoms with Gasteiger partial charge in [0.2, 0.25) is 0 Å². The number of rotatable bonds is 10. The Morgan fingerprint density at radius 2 is 1.50 bits per heavy atom. The quantitative estimate of drug-likeness (QED) is 0.245. The van der Waals surface area contributed by atoms with Crippen LogP contribution < -0.4 is 9.64 Å². The van der Waals surface area contributed by atoms with Crippen LogP contribution in [0.25, 0.3) is 16.6 Å². The van der Waals surface area contributed by atoms with Crippen LogP contribution in [0.2, 0.25) is 0 Å². The third-order valence-corrected chi connectivity index (χ3v) is 6.99. The van der Waals surface area contributed by atoms with E-state index in [1.165, 1.54) is 28.8 Å². The molecule has 0 unspecified atom stereocenters. The number of aromatic nitrogens is 1. The van der Waals surface area contributed by atoms with Gasteiger partial charge >= 0.3 is 0 Å². The summed E-state index contributed by atoms with van der Waals surface area (Å²) in [7, 11) is 0. The molecule has 4 nitrogen and oxygen atoms in total. The standard InChI is InChI=1S/C30H33F2N3O/c31-16-22-36-28-14-12-26(13-15-28)34-20-18-33(19-21-34)17-4-3-5-24-23-35(27-10-8-25(32)9-11-27)30-7-2-1-6-29(24)30/h1-2,6-15,23H,3-5,16-22H2. The van der Waals surface area contributed by atoms with Crippen LogP contribution >= 0.6 is 0 Å². The zero-order valence-electron chi connectivity index (χ0n) is 20.6. The third-order valence-electron chi connectivity index (χ3n) is 6.99. The molecular formula is C30H33F2N3O. The summed E-state index contributed by atoms with van der Waals surface area (Å²) in [6.07, 6.45) is 5.55. The largest absolute Gasteiger partial charge is 0.491 e. The molecule has 1 aliphatic heterocycles. The highest BCUT2D eigenvalue weighted by Gasteiger charge is 2.17. The van der Waals surface area contributed by atoms with E-state index in [0.29, 0.717) is 0 Å². The average molecular weight is 490 g/mol. The van der Waals surface area contributed by atoms with Crippen molar-refractivity contribution in [1.29, 1.82) is 0 Å². The van der Waals surface area contributed by atoms with Crippen molar-refractivity contribution in [3.05, 3.63) is 90.4 Å². The summed E-state index contributed by atoms with van der Waals surface area (Å²) < 4.78 is 33.2. The van der Waals surface area contributed by atoms with Crippen LogP contribution in [0.1, 0.15) is 18.4 Å². The van der Waals surface area contributed by atoms with Crippen LogP contribution in [-0.4, -0.2) is 55.5 Å². The van der Waals surface area contributed by atoms with Gasteiger partial charge in [0.05, 0.1) is 5.52 Å². The summed E-state index contributed by atoms with van der Waals surface area (Å²) in [4.78, 5) is 4.96. The zero-order valence-corrected chi connectivity index (χ0v) is 20.6. The highest BCUT2D eigenvalue weighted by Crippen LogP contribution is 2.26. The van der Waals surface area contributed by atoms with E-state index >= 15 is 0 Å². The van der Waals surface area contributed by atoms with Crippen molar-refractivity contribution in [2.75, 3.05) is 50.9 Å². The number of fused-ring (bicyclic) bond motifs is 1. The van der Waals surface area contributed by atoms with E-state index in [1.54, 1.807) is 0 Å². The molecule has 4 aromatic rings. The molecule has 2 heterocycles. The van der Waals surface area contributed by atoms with Gasteiger partial charge in [-0.05, 0) is 86.0 Å². The van der Waals surface area contributed by atoms with Gasteiger partial charge in [0.25, 0.3) is 0 Å². The van der Waals surface area contributed by atoms with Gasteiger partial charge in [-0.1, -0.05) is 18.2 Å². The van der Waals surface area contributed by atoms with Crippen molar-refractivity contribution < 1.29 is 13.5 Å². The molecule has 36 heavy (non-hydrogen) atoms. The molecule has 6 heteroatoms. The minimum atomic E-state index is -0.469. The Bertz CT molecular complexity index is 1250. The van der Waals surface area contributed by atoms with Crippen molar-refractivity contribution in [2.45, 2.75) is 19.3 Å². The monoisotopic (exact) mass is 489 g/mol. The summed E-state index contributed by atoms with van der Waals surface area (Å²) >= 11 is 0. The van der Waals surface area contributed by atoms with E-state index in [9.17, 15) is 8.78 Å². The van der Waals surface area contributed by atoms with Crippen molar-refractivity contribution in [3.8, 4) is 11.4 Å². The number of hydrogen-bond donors (Lipinski definition) is 0. The molecule has 3 aromatic carbocycles. The van der Waals surface area contributed by atoms with Gasteiger partial charge in [-0.2, -0.15) is 0 Å². The summed E-state index contributed by atoms with van der Waals surface area (Å²) in [6, 6.07) is 23.1. The van der Waals surface area contributed by atoms with Gasteiger partial charge in [0.1, 0.15) is 24.8 Å². The van der Waals surface area contributed by atoms with Gasteiger partial charge in [-0.15, -0.1) is 0 Å². The van der Waals surface area contributed by atoms with Crippen molar-refractivity contribution in [3.63, 3.8) is 0 Å². The van der Waals surface area contributed by atoms with Gasteiger partial charge in [-0.25, -0.2) is 8.78 Å². The molecule has 0 atom stereocenters. The number of ether oxygens (including phenoxy) is 1. The van der Waals surface area contributed by atoms with Gasteiger partial charge < -0.3 is 14.2 Å². The highest BCUT2D eigenvalue weighted by atomic mass is 19.1. The molecule has 0 radical (unpaired) electrons. The first kappa shape index (κ1) is 24.3. The number of nitrogens with zero attached hydrogens (tertiary/aromatic N) is 3. The Morgan fingerprint density at radius 1 is 0.778 bits per heavy atom. The maximum atomic E-state index is 13.4. The van der Waals surface area contributed by atoms with E-state index < -0.39 is 6.67 Å². The first-order valence-corrected chi connectivity index (χ1v) is 12.8. The van der Waals surface area contributed by atoms with E-state index in [1.807, 2.05) is 24.3 Å². The highest BCUT2D eigenvalue weighted by molar-refractivity contribution is 5.85. The number of unbranched alkanes of at least 4 members (excludes halogenated alkanes) is 1. The number of alkyl halides is 1. The van der Waals surface area contributed by atoms with Crippen LogP contribution in [0.15, 0.2) is 79.0 Å². The number of para-hydroxylation sites is 1. The maximum Gasteiger partial charge on any atom is 0.123 e. The first-order valence-electron chi connectivity index (χ1n) is 12.8. The summed E-state index contributed by atoms with van der Waals surface area (Å²) in [5.41, 5.74) is 4.69. The lowest BCUT2D eigenvalue weighted by atomic mass is 10.1. The number of anilines is 1. The Hall–Kier alpha value is -3.38. The molecule has 0 amide bonds. The Morgan fingerprint density at radius 3 is 2.25 bits per heavy atom. The molecule has 188 valence electrons. The number of piperazine rings is 1. The summed E-state index contributed by atoms with van der Waals surface area (Å²) in [5.74, 6) is 0.504. The molecule has 5 rings (SSSR count). The molecule has 1 aliphatic rings. The number of benzene rings is 3. The van der Waals surface area contributed by atoms with Crippen LogP contribution in [0, 0.1) is 5.82 Å². The van der Waals surface area contributed by atoms with Crippen molar-refractivity contribution in [2.24, 2.45) is 0 Å². The normalized spacial score (nSPS) is 14.4. The van der Waals surface area contributed by atoms with Crippen LogP contribution in [0.3, 0.4) is 0 Å². The summed E-state index contributed by atoms with van der Waals surface area (Å²) in [6.45, 7) is 4.89. The Labute approximate surface area is 211 Å². The molecular weight excluding hydrogens is 456 g/mol. The second-order valence-corrected chi connectivity index (χ2v) is 9.34. The molecule has 0 bridgehead atoms. The van der Waals surface area contributed by atoms with Crippen LogP contribution in [-0.2, 0) is 6.42 Å². The molecule has 0 N–H and O–H groups in total. The van der Waals surface area contributed by atoms with Gasteiger partial charge in [0, 0.05) is 49.1 Å². The van der Waals surface area contributed by atoms with Gasteiger partial charge in [-0.3, -0.25) is 4.90 Å². The maximum absolute atomic E-state index is 13.4. The van der Waals surface area contributed by atoms with Crippen LogP contribution in [0.4, 0.5) is 14.5 Å². The summed E-state index contributed by atoms with van der Waals surface area (Å²) in [5, 5.41) is 1.27. The average Bonchev–Trinajstić information content (AvgIpc) is 3.30. The molecule has 1 aromatic heterocycles. The second-order valence-electron chi connectivity index (χ2n) is 9.34. The SMILES string of the molecule is FCCOc1ccc(N2CCN(CCCCc3cn(-c4ccc(F)cc4)c4ccccc34)CC2)cc1.